The molecule has 1 aromatic rings. The van der Waals surface area contributed by atoms with Gasteiger partial charge in [0.25, 0.3) is 0 Å². The van der Waals surface area contributed by atoms with Crippen LogP contribution in [0.2, 0.25) is 0 Å². The molecule has 2 rings (SSSR count). The molecule has 1 aliphatic heterocycles. The maximum absolute atomic E-state index is 10.5. The van der Waals surface area contributed by atoms with Gasteiger partial charge in [0, 0.05) is 5.56 Å². The van der Waals surface area contributed by atoms with Gasteiger partial charge in [-0.3, -0.25) is 0 Å². The first-order valence-corrected chi connectivity index (χ1v) is 6.14. The van der Waals surface area contributed by atoms with Crippen molar-refractivity contribution in [2.24, 2.45) is 0 Å². The maximum Gasteiger partial charge on any atom is 0.0966 e. The number of nitrogens with zero attached hydrogens (tertiary/aromatic N) is 1. The summed E-state index contributed by atoms with van der Waals surface area (Å²) in [5.74, 6) is 5.70. The molecule has 0 saturated carbocycles. The Hall–Kier alpha value is -1.81. The summed E-state index contributed by atoms with van der Waals surface area (Å²) in [6, 6.07) is 9.66. The third-order valence-electron chi connectivity index (χ3n) is 3.25. The minimum atomic E-state index is -0.705. The van der Waals surface area contributed by atoms with Crippen molar-refractivity contribution in [3.05, 3.63) is 35.4 Å². The van der Waals surface area contributed by atoms with Gasteiger partial charge in [0.05, 0.1) is 18.1 Å². The van der Waals surface area contributed by atoms with Crippen LogP contribution in [-0.2, 0) is 5.60 Å². The minimum Gasteiger partial charge on any atom is -0.385 e. The predicted octanol–water partition coefficient (Wildman–Crippen LogP) is 1.52. The van der Waals surface area contributed by atoms with Gasteiger partial charge in [0.1, 0.15) is 0 Å². The van der Waals surface area contributed by atoms with Crippen LogP contribution in [0.1, 0.15) is 30.4 Å². The van der Waals surface area contributed by atoms with Crippen LogP contribution in [0, 0.1) is 23.2 Å². The number of rotatable bonds is 1. The smallest absolute Gasteiger partial charge is 0.0966 e. The van der Waals surface area contributed by atoms with Crippen LogP contribution >= 0.6 is 0 Å². The maximum atomic E-state index is 10.5. The predicted molar refractivity (Wildman–Crippen MR) is 69.6 cm³/mol. The van der Waals surface area contributed by atoms with Crippen molar-refractivity contribution < 1.29 is 5.11 Å². The number of benzene rings is 1. The quantitative estimate of drug-likeness (QED) is 0.732. The van der Waals surface area contributed by atoms with E-state index in [-0.39, 0.29) is 6.42 Å². The lowest BCUT2D eigenvalue weighted by Crippen LogP contribution is -2.39. The normalized spacial score (nSPS) is 17.3. The molecule has 0 atom stereocenters. The molecule has 3 heteroatoms. The third kappa shape index (κ3) is 2.90. The van der Waals surface area contributed by atoms with E-state index >= 15 is 0 Å². The van der Waals surface area contributed by atoms with Gasteiger partial charge in [-0.1, -0.05) is 24.0 Å². The Morgan fingerprint density at radius 2 is 1.89 bits per heavy atom. The molecule has 3 nitrogen and oxygen atoms in total. The van der Waals surface area contributed by atoms with Crippen LogP contribution in [0.5, 0.6) is 0 Å². The van der Waals surface area contributed by atoms with Crippen LogP contribution in [0.25, 0.3) is 0 Å². The summed E-state index contributed by atoms with van der Waals surface area (Å²) in [4.78, 5) is 0. The molecule has 92 valence electrons. The van der Waals surface area contributed by atoms with Crippen molar-refractivity contribution in [2.45, 2.75) is 24.9 Å². The zero-order valence-electron chi connectivity index (χ0n) is 10.2. The molecule has 0 aromatic heterocycles. The van der Waals surface area contributed by atoms with Crippen LogP contribution < -0.4 is 5.32 Å². The standard InChI is InChI=1S/C15H16N2O/c16-10-2-1-3-13-4-6-14(7-5-13)15(18)8-11-17-12-9-15/h4-7,17-18H,2,8-9,11-12H2. The molecule has 18 heavy (non-hydrogen) atoms. The lowest BCUT2D eigenvalue weighted by molar-refractivity contribution is 0.00594. The molecule has 1 fully saturated rings. The molecular formula is C15H16N2O. The second kappa shape index (κ2) is 5.69. The first kappa shape index (κ1) is 12.6. The zero-order chi connectivity index (χ0) is 12.8. The van der Waals surface area contributed by atoms with Gasteiger partial charge >= 0.3 is 0 Å². The van der Waals surface area contributed by atoms with E-state index in [0.717, 1.165) is 37.1 Å². The molecule has 1 aromatic carbocycles. The Bertz CT molecular complexity index is 496. The summed E-state index contributed by atoms with van der Waals surface area (Å²) >= 11 is 0. The van der Waals surface area contributed by atoms with Gasteiger partial charge in [-0.25, -0.2) is 0 Å². The minimum absolute atomic E-state index is 0.247. The van der Waals surface area contributed by atoms with Gasteiger partial charge < -0.3 is 10.4 Å². The van der Waals surface area contributed by atoms with Crippen molar-refractivity contribution in [3.63, 3.8) is 0 Å². The molecule has 0 radical (unpaired) electrons. The fourth-order valence-corrected chi connectivity index (χ4v) is 2.18. The molecule has 0 spiro atoms. The molecule has 1 aliphatic rings. The van der Waals surface area contributed by atoms with E-state index in [2.05, 4.69) is 17.2 Å². The molecule has 0 unspecified atom stereocenters. The van der Waals surface area contributed by atoms with Crippen molar-refractivity contribution >= 4 is 0 Å². The van der Waals surface area contributed by atoms with Crippen molar-refractivity contribution in [3.8, 4) is 17.9 Å². The monoisotopic (exact) mass is 240 g/mol. The van der Waals surface area contributed by atoms with Crippen molar-refractivity contribution in [1.29, 1.82) is 5.26 Å². The SMILES string of the molecule is N#CCC#Cc1ccc(C2(O)CCNCC2)cc1. The molecule has 0 aliphatic carbocycles. The Labute approximate surface area is 107 Å². The van der Waals surface area contributed by atoms with Crippen LogP contribution in [0.15, 0.2) is 24.3 Å². The Morgan fingerprint density at radius 1 is 1.22 bits per heavy atom. The average Bonchev–Trinajstić information content (AvgIpc) is 2.41. The number of hydrogen-bond acceptors (Lipinski definition) is 3. The van der Waals surface area contributed by atoms with E-state index < -0.39 is 5.60 Å². The second-order valence-corrected chi connectivity index (χ2v) is 4.50. The van der Waals surface area contributed by atoms with Gasteiger partial charge in [0.15, 0.2) is 0 Å². The number of piperidine rings is 1. The highest BCUT2D eigenvalue weighted by atomic mass is 16.3. The fraction of sp³-hybridized carbons (Fsp3) is 0.400. The van der Waals surface area contributed by atoms with Gasteiger partial charge in [-0.15, -0.1) is 0 Å². The largest absolute Gasteiger partial charge is 0.385 e. The lowest BCUT2D eigenvalue weighted by Gasteiger charge is -2.33. The van der Waals surface area contributed by atoms with Crippen LogP contribution in [0.4, 0.5) is 0 Å². The summed E-state index contributed by atoms with van der Waals surface area (Å²) < 4.78 is 0. The highest BCUT2D eigenvalue weighted by Crippen LogP contribution is 2.30. The first-order chi connectivity index (χ1) is 8.74. The molecule has 2 N–H and O–H groups in total. The van der Waals surface area contributed by atoms with Crippen LogP contribution in [-0.4, -0.2) is 18.2 Å². The van der Waals surface area contributed by atoms with Crippen molar-refractivity contribution in [2.75, 3.05) is 13.1 Å². The van der Waals surface area contributed by atoms with Gasteiger partial charge in [-0.05, 0) is 43.6 Å². The lowest BCUT2D eigenvalue weighted by atomic mass is 9.85. The van der Waals surface area contributed by atoms with Gasteiger partial charge in [0.2, 0.25) is 0 Å². The Morgan fingerprint density at radius 3 is 2.50 bits per heavy atom. The fourth-order valence-electron chi connectivity index (χ4n) is 2.18. The zero-order valence-corrected chi connectivity index (χ0v) is 10.2. The summed E-state index contributed by atoms with van der Waals surface area (Å²) in [5, 5.41) is 22.2. The summed E-state index contributed by atoms with van der Waals surface area (Å²) in [7, 11) is 0. The summed E-state index contributed by atoms with van der Waals surface area (Å²) in [6.07, 6.45) is 1.73. The molecule has 0 amide bonds. The van der Waals surface area contributed by atoms with E-state index in [1.807, 2.05) is 30.3 Å². The van der Waals surface area contributed by atoms with Crippen LogP contribution in [0.3, 0.4) is 0 Å². The topological polar surface area (TPSA) is 56.0 Å². The third-order valence-corrected chi connectivity index (χ3v) is 3.25. The van der Waals surface area contributed by atoms with E-state index in [9.17, 15) is 5.11 Å². The number of nitrogens with one attached hydrogen (secondary N) is 1. The van der Waals surface area contributed by atoms with Crippen molar-refractivity contribution in [1.82, 2.24) is 5.32 Å². The number of nitriles is 1. The van der Waals surface area contributed by atoms with E-state index in [4.69, 9.17) is 5.26 Å². The van der Waals surface area contributed by atoms with E-state index in [1.165, 1.54) is 0 Å². The Kier molecular flexibility index (Phi) is 3.99. The number of aliphatic hydroxyl groups is 1. The highest BCUT2D eigenvalue weighted by Gasteiger charge is 2.30. The molecule has 1 saturated heterocycles. The van der Waals surface area contributed by atoms with E-state index in [1.54, 1.807) is 0 Å². The Balaban J connectivity index is 2.13. The number of hydrogen-bond donors (Lipinski definition) is 2. The average molecular weight is 240 g/mol. The molecule has 0 bridgehead atoms. The summed E-state index contributed by atoms with van der Waals surface area (Å²) in [6.45, 7) is 1.69. The highest BCUT2D eigenvalue weighted by molar-refractivity contribution is 5.38. The summed E-state index contributed by atoms with van der Waals surface area (Å²) in [5.41, 5.74) is 1.13. The van der Waals surface area contributed by atoms with E-state index in [0.29, 0.717) is 0 Å². The second-order valence-electron chi connectivity index (χ2n) is 4.50. The molecular weight excluding hydrogens is 224 g/mol. The molecule has 1 heterocycles. The first-order valence-electron chi connectivity index (χ1n) is 6.14. The van der Waals surface area contributed by atoms with Gasteiger partial charge in [-0.2, -0.15) is 5.26 Å².